The van der Waals surface area contributed by atoms with E-state index < -0.39 is 6.36 Å². The number of rotatable bonds is 6. The van der Waals surface area contributed by atoms with Crippen LogP contribution in [0.25, 0.3) is 10.7 Å². The molecular weight excluding hydrogens is 383 g/mol. The first-order valence-electron chi connectivity index (χ1n) is 7.96. The molecule has 1 fully saturated rings. The number of alkyl halides is 3. The van der Waals surface area contributed by atoms with Crippen molar-refractivity contribution in [2.75, 3.05) is 0 Å². The zero-order chi connectivity index (χ0) is 18.1. The van der Waals surface area contributed by atoms with Crippen molar-refractivity contribution in [2.45, 2.75) is 36.2 Å². The summed E-state index contributed by atoms with van der Waals surface area (Å²) in [5.41, 5.74) is 0.896. The van der Waals surface area contributed by atoms with Gasteiger partial charge in [0, 0.05) is 11.8 Å². The fraction of sp³-hybridized carbons (Fsp3) is 0.294. The molecule has 0 bridgehead atoms. The van der Waals surface area contributed by atoms with E-state index in [9.17, 15) is 13.2 Å². The standard InChI is InChI=1S/C17H14F3N3OS2/c18-17(19,20)24-13-7-3-11(4-8-13)10-26-16-22-21-15(14-2-1-9-25-14)23(16)12-5-6-12/h1-4,7-9,12H,5-6,10H2. The molecule has 0 amide bonds. The monoisotopic (exact) mass is 397 g/mol. The minimum absolute atomic E-state index is 0.215. The number of aromatic nitrogens is 3. The van der Waals surface area contributed by atoms with Gasteiger partial charge in [0.05, 0.1) is 4.88 Å². The molecule has 1 saturated carbocycles. The van der Waals surface area contributed by atoms with Crippen LogP contribution in [0.1, 0.15) is 24.4 Å². The van der Waals surface area contributed by atoms with Gasteiger partial charge in [-0.2, -0.15) is 0 Å². The minimum Gasteiger partial charge on any atom is -0.406 e. The predicted molar refractivity (Wildman–Crippen MR) is 94.3 cm³/mol. The maximum absolute atomic E-state index is 12.2. The molecule has 0 saturated heterocycles. The Morgan fingerprint density at radius 3 is 2.54 bits per heavy atom. The van der Waals surface area contributed by atoms with Gasteiger partial charge >= 0.3 is 6.36 Å². The first-order chi connectivity index (χ1) is 12.5. The van der Waals surface area contributed by atoms with Crippen molar-refractivity contribution < 1.29 is 17.9 Å². The summed E-state index contributed by atoms with van der Waals surface area (Å²) < 4.78 is 42.7. The second kappa shape index (κ2) is 6.96. The zero-order valence-electron chi connectivity index (χ0n) is 13.4. The molecule has 0 aliphatic heterocycles. The van der Waals surface area contributed by atoms with Crippen molar-refractivity contribution in [3.05, 3.63) is 47.3 Å². The van der Waals surface area contributed by atoms with E-state index in [0.29, 0.717) is 11.8 Å². The molecule has 1 aliphatic carbocycles. The number of ether oxygens (including phenoxy) is 1. The van der Waals surface area contributed by atoms with Gasteiger partial charge in [-0.25, -0.2) is 0 Å². The summed E-state index contributed by atoms with van der Waals surface area (Å²) in [6.07, 6.45) is -2.43. The molecule has 3 aromatic rings. The van der Waals surface area contributed by atoms with Gasteiger partial charge in [-0.3, -0.25) is 4.57 Å². The molecule has 0 N–H and O–H groups in total. The summed E-state index contributed by atoms with van der Waals surface area (Å²) >= 11 is 3.17. The zero-order valence-corrected chi connectivity index (χ0v) is 15.1. The Balaban J connectivity index is 1.47. The topological polar surface area (TPSA) is 39.9 Å². The van der Waals surface area contributed by atoms with Crippen molar-refractivity contribution in [3.8, 4) is 16.5 Å². The Bertz CT molecular complexity index is 872. The number of hydrogen-bond acceptors (Lipinski definition) is 5. The lowest BCUT2D eigenvalue weighted by Crippen LogP contribution is -2.16. The van der Waals surface area contributed by atoms with Gasteiger partial charge in [0.15, 0.2) is 11.0 Å². The molecule has 9 heteroatoms. The summed E-state index contributed by atoms with van der Waals surface area (Å²) in [6.45, 7) is 0. The first-order valence-corrected chi connectivity index (χ1v) is 9.82. The largest absolute Gasteiger partial charge is 0.573 e. The molecule has 4 rings (SSSR count). The third-order valence-corrected chi connectivity index (χ3v) is 5.72. The van der Waals surface area contributed by atoms with Crippen molar-refractivity contribution in [1.29, 1.82) is 0 Å². The van der Waals surface area contributed by atoms with Crippen LogP contribution in [0, 0.1) is 0 Å². The van der Waals surface area contributed by atoms with Crippen LogP contribution < -0.4 is 4.74 Å². The third kappa shape index (κ3) is 4.04. The van der Waals surface area contributed by atoms with E-state index in [0.717, 1.165) is 34.3 Å². The Kier molecular flexibility index (Phi) is 4.66. The second-order valence-corrected chi connectivity index (χ2v) is 7.76. The van der Waals surface area contributed by atoms with Crippen molar-refractivity contribution >= 4 is 23.1 Å². The van der Waals surface area contributed by atoms with Crippen molar-refractivity contribution in [1.82, 2.24) is 14.8 Å². The predicted octanol–water partition coefficient (Wildman–Crippen LogP) is 5.53. The highest BCUT2D eigenvalue weighted by molar-refractivity contribution is 7.98. The van der Waals surface area contributed by atoms with Gasteiger partial charge in [0.2, 0.25) is 0 Å². The van der Waals surface area contributed by atoms with Crippen LogP contribution in [0.2, 0.25) is 0 Å². The number of thioether (sulfide) groups is 1. The fourth-order valence-corrected chi connectivity index (χ4v) is 4.21. The van der Waals surface area contributed by atoms with Gasteiger partial charge in [-0.05, 0) is 42.0 Å². The van der Waals surface area contributed by atoms with E-state index in [1.165, 1.54) is 23.9 Å². The van der Waals surface area contributed by atoms with Gasteiger partial charge in [0.25, 0.3) is 0 Å². The summed E-state index contributed by atoms with van der Waals surface area (Å²) in [5, 5.41) is 11.5. The van der Waals surface area contributed by atoms with Crippen LogP contribution in [0.5, 0.6) is 5.75 Å². The number of hydrogen-bond donors (Lipinski definition) is 0. The molecule has 1 aliphatic rings. The number of halogens is 3. The highest BCUT2D eigenvalue weighted by atomic mass is 32.2. The van der Waals surface area contributed by atoms with Crippen LogP contribution in [0.4, 0.5) is 13.2 Å². The number of nitrogens with zero attached hydrogens (tertiary/aromatic N) is 3. The van der Waals surface area contributed by atoms with Crippen LogP contribution >= 0.6 is 23.1 Å². The van der Waals surface area contributed by atoms with Crippen molar-refractivity contribution in [3.63, 3.8) is 0 Å². The van der Waals surface area contributed by atoms with Crippen molar-refractivity contribution in [2.24, 2.45) is 0 Å². The maximum atomic E-state index is 12.2. The molecule has 136 valence electrons. The highest BCUT2D eigenvalue weighted by Crippen LogP contribution is 2.42. The average molecular weight is 397 g/mol. The molecule has 2 aromatic heterocycles. The summed E-state index contributed by atoms with van der Waals surface area (Å²) in [7, 11) is 0. The molecule has 4 nitrogen and oxygen atoms in total. The van der Waals surface area contributed by atoms with Crippen LogP contribution in [-0.2, 0) is 5.75 Å². The Labute approximate surface area is 156 Å². The number of thiophene rings is 1. The Morgan fingerprint density at radius 1 is 1.15 bits per heavy atom. The lowest BCUT2D eigenvalue weighted by molar-refractivity contribution is -0.274. The Hall–Kier alpha value is -2.00. The SMILES string of the molecule is FC(F)(F)Oc1ccc(CSc2nnc(-c3cccs3)n2C2CC2)cc1. The van der Waals surface area contributed by atoms with E-state index in [-0.39, 0.29) is 5.75 Å². The number of benzene rings is 1. The smallest absolute Gasteiger partial charge is 0.406 e. The quantitative estimate of drug-likeness (QED) is 0.513. The molecule has 0 spiro atoms. The normalized spacial score (nSPS) is 14.6. The summed E-state index contributed by atoms with van der Waals surface area (Å²) in [5.74, 6) is 1.27. The van der Waals surface area contributed by atoms with Crippen LogP contribution in [0.3, 0.4) is 0 Å². The highest BCUT2D eigenvalue weighted by Gasteiger charge is 2.31. The average Bonchev–Trinajstić information content (AvgIpc) is 3.12. The third-order valence-electron chi connectivity index (χ3n) is 3.84. The van der Waals surface area contributed by atoms with Gasteiger partial charge in [0.1, 0.15) is 5.75 Å². The molecule has 0 unspecified atom stereocenters. The minimum atomic E-state index is -4.67. The van der Waals surface area contributed by atoms with Crippen LogP contribution in [-0.4, -0.2) is 21.1 Å². The van der Waals surface area contributed by atoms with E-state index >= 15 is 0 Å². The van der Waals surface area contributed by atoms with Gasteiger partial charge in [-0.15, -0.1) is 34.7 Å². The molecule has 0 atom stereocenters. The van der Waals surface area contributed by atoms with Gasteiger partial charge < -0.3 is 4.74 Å². The molecule has 0 radical (unpaired) electrons. The second-order valence-electron chi connectivity index (χ2n) is 5.87. The van der Waals surface area contributed by atoms with E-state index in [2.05, 4.69) is 19.5 Å². The molecular formula is C17H14F3N3OS2. The lowest BCUT2D eigenvalue weighted by atomic mass is 10.2. The first kappa shape index (κ1) is 17.4. The Morgan fingerprint density at radius 2 is 1.92 bits per heavy atom. The fourth-order valence-electron chi connectivity index (χ4n) is 2.55. The van der Waals surface area contributed by atoms with Gasteiger partial charge in [-0.1, -0.05) is 30.0 Å². The molecule has 2 heterocycles. The van der Waals surface area contributed by atoms with E-state index in [1.807, 2.05) is 17.5 Å². The summed E-state index contributed by atoms with van der Waals surface area (Å²) in [4.78, 5) is 1.09. The summed E-state index contributed by atoms with van der Waals surface area (Å²) in [6, 6.07) is 10.4. The lowest BCUT2D eigenvalue weighted by Gasteiger charge is -2.10. The van der Waals surface area contributed by atoms with E-state index in [1.54, 1.807) is 23.5 Å². The van der Waals surface area contributed by atoms with Crippen LogP contribution in [0.15, 0.2) is 46.9 Å². The molecule has 26 heavy (non-hydrogen) atoms. The van der Waals surface area contributed by atoms with E-state index in [4.69, 9.17) is 0 Å². The maximum Gasteiger partial charge on any atom is 0.573 e. The molecule has 1 aromatic carbocycles.